The monoisotopic (exact) mass is 416 g/mol. The van der Waals surface area contributed by atoms with E-state index in [2.05, 4.69) is 10.6 Å². The van der Waals surface area contributed by atoms with Crippen LogP contribution in [0.1, 0.15) is 36.9 Å². The van der Waals surface area contributed by atoms with E-state index in [1.807, 2.05) is 58.0 Å². The molecule has 0 spiro atoms. The van der Waals surface area contributed by atoms with Crippen LogP contribution in [-0.2, 0) is 11.3 Å². The smallest absolute Gasteiger partial charge is 0.318 e. The van der Waals surface area contributed by atoms with Crippen LogP contribution < -0.4 is 15.5 Å². The average Bonchev–Trinajstić information content (AvgIpc) is 3.18. The maximum absolute atomic E-state index is 12.8. The number of furan rings is 1. The zero-order valence-corrected chi connectivity index (χ0v) is 18.6. The second kappa shape index (κ2) is 10.2. The van der Waals surface area contributed by atoms with Crippen LogP contribution in [0.3, 0.4) is 0 Å². The van der Waals surface area contributed by atoms with Crippen molar-refractivity contribution in [2.45, 2.75) is 32.9 Å². The van der Waals surface area contributed by atoms with Gasteiger partial charge in [-0.1, -0.05) is 0 Å². The Kier molecular flexibility index (Phi) is 7.88. The second-order valence-corrected chi connectivity index (χ2v) is 8.26. The number of urea groups is 1. The molecule has 1 heterocycles. The minimum absolute atomic E-state index is 0.172. The van der Waals surface area contributed by atoms with E-state index in [9.17, 15) is 9.59 Å². The lowest BCUT2D eigenvalue weighted by Crippen LogP contribution is -2.49. The summed E-state index contributed by atoms with van der Waals surface area (Å²) in [5.41, 5.74) is 2.13. The lowest BCUT2D eigenvalue weighted by atomic mass is 10.1. The number of benzene rings is 1. The van der Waals surface area contributed by atoms with Gasteiger partial charge in [-0.05, 0) is 56.7 Å². The fourth-order valence-corrected chi connectivity index (χ4v) is 2.89. The summed E-state index contributed by atoms with van der Waals surface area (Å²) >= 11 is 0. The third-order valence-corrected chi connectivity index (χ3v) is 4.26. The molecule has 8 heteroatoms. The van der Waals surface area contributed by atoms with Gasteiger partial charge in [-0.15, -0.1) is 0 Å². The van der Waals surface area contributed by atoms with Crippen LogP contribution in [-0.4, -0.2) is 56.7 Å². The Morgan fingerprint density at radius 1 is 1.17 bits per heavy atom. The lowest BCUT2D eigenvalue weighted by molar-refractivity contribution is 0.0996. The van der Waals surface area contributed by atoms with Crippen molar-refractivity contribution >= 4 is 23.3 Å². The van der Waals surface area contributed by atoms with Crippen LogP contribution in [0.15, 0.2) is 41.0 Å². The molecule has 1 aromatic heterocycles. The minimum atomic E-state index is -0.356. The summed E-state index contributed by atoms with van der Waals surface area (Å²) in [6, 6.07) is 8.72. The predicted octanol–water partition coefficient (Wildman–Crippen LogP) is 3.55. The number of carbonyl (C=O) groups is 2. The first kappa shape index (κ1) is 23.3. The Morgan fingerprint density at radius 3 is 2.47 bits per heavy atom. The molecule has 0 aliphatic carbocycles. The van der Waals surface area contributed by atoms with Gasteiger partial charge in [-0.2, -0.15) is 0 Å². The van der Waals surface area contributed by atoms with Gasteiger partial charge in [0, 0.05) is 51.2 Å². The van der Waals surface area contributed by atoms with Gasteiger partial charge in [0.15, 0.2) is 5.76 Å². The zero-order valence-electron chi connectivity index (χ0n) is 18.6. The highest BCUT2D eigenvalue weighted by Crippen LogP contribution is 2.25. The summed E-state index contributed by atoms with van der Waals surface area (Å²) in [6.45, 7) is 7.04. The number of amides is 3. The van der Waals surface area contributed by atoms with Crippen LogP contribution in [0.5, 0.6) is 0 Å². The number of methoxy groups -OCH3 is 1. The Labute approximate surface area is 178 Å². The van der Waals surface area contributed by atoms with E-state index in [-0.39, 0.29) is 23.2 Å². The molecule has 2 N–H and O–H groups in total. The normalized spacial score (nSPS) is 11.1. The van der Waals surface area contributed by atoms with Crippen molar-refractivity contribution in [3.05, 3.63) is 47.9 Å². The third kappa shape index (κ3) is 6.81. The maximum atomic E-state index is 12.8. The molecule has 0 saturated heterocycles. The van der Waals surface area contributed by atoms with E-state index in [1.54, 1.807) is 24.1 Å². The number of nitrogens with zero attached hydrogens (tertiary/aromatic N) is 2. The highest BCUT2D eigenvalue weighted by Gasteiger charge is 2.21. The van der Waals surface area contributed by atoms with Gasteiger partial charge in [0.2, 0.25) is 0 Å². The van der Waals surface area contributed by atoms with Crippen molar-refractivity contribution in [1.29, 1.82) is 0 Å². The number of rotatable bonds is 8. The number of hydrogen-bond acceptors (Lipinski definition) is 5. The molecule has 2 rings (SSSR count). The Bertz CT molecular complexity index is 841. The van der Waals surface area contributed by atoms with Gasteiger partial charge in [0.05, 0.1) is 12.9 Å². The highest BCUT2D eigenvalue weighted by atomic mass is 16.5. The Morgan fingerprint density at radius 2 is 1.90 bits per heavy atom. The third-order valence-electron chi connectivity index (χ3n) is 4.26. The first-order valence-electron chi connectivity index (χ1n) is 9.82. The summed E-state index contributed by atoms with van der Waals surface area (Å²) in [4.78, 5) is 28.8. The van der Waals surface area contributed by atoms with Gasteiger partial charge >= 0.3 is 6.03 Å². The molecule has 8 nitrogen and oxygen atoms in total. The summed E-state index contributed by atoms with van der Waals surface area (Å²) in [5.74, 6) is -0.0928. The Hall–Kier alpha value is -3.00. The van der Waals surface area contributed by atoms with Crippen LogP contribution >= 0.6 is 0 Å². The number of ether oxygens (including phenoxy) is 1. The van der Waals surface area contributed by atoms with Crippen molar-refractivity contribution in [3.8, 4) is 0 Å². The van der Waals surface area contributed by atoms with Gasteiger partial charge in [-0.3, -0.25) is 4.79 Å². The first-order chi connectivity index (χ1) is 14.1. The van der Waals surface area contributed by atoms with Crippen molar-refractivity contribution < 1.29 is 18.7 Å². The van der Waals surface area contributed by atoms with Gasteiger partial charge in [0.1, 0.15) is 0 Å². The highest BCUT2D eigenvalue weighted by molar-refractivity contribution is 6.02. The molecule has 0 aliphatic heterocycles. The van der Waals surface area contributed by atoms with Crippen molar-refractivity contribution in [2.24, 2.45) is 0 Å². The fourth-order valence-electron chi connectivity index (χ4n) is 2.89. The summed E-state index contributed by atoms with van der Waals surface area (Å²) in [7, 11) is 5.49. The van der Waals surface area contributed by atoms with E-state index in [1.165, 1.54) is 6.26 Å². The van der Waals surface area contributed by atoms with Crippen molar-refractivity contribution in [2.75, 3.05) is 44.6 Å². The first-order valence-corrected chi connectivity index (χ1v) is 9.82. The molecular formula is C22H32N4O4. The van der Waals surface area contributed by atoms with Gasteiger partial charge in [-0.25, -0.2) is 4.79 Å². The summed E-state index contributed by atoms with van der Waals surface area (Å²) in [5, 5.41) is 5.84. The largest absolute Gasteiger partial charge is 0.459 e. The fraction of sp³-hybridized carbons (Fsp3) is 0.455. The van der Waals surface area contributed by atoms with E-state index in [0.29, 0.717) is 25.4 Å². The number of carbonyl (C=O) groups excluding carboxylic acids is 2. The summed E-state index contributed by atoms with van der Waals surface area (Å²) in [6.07, 6.45) is 1.46. The molecule has 0 unspecified atom stereocenters. The van der Waals surface area contributed by atoms with Crippen LogP contribution in [0.25, 0.3) is 0 Å². The van der Waals surface area contributed by atoms with Gasteiger partial charge < -0.3 is 29.6 Å². The van der Waals surface area contributed by atoms with Crippen molar-refractivity contribution in [3.63, 3.8) is 0 Å². The molecule has 30 heavy (non-hydrogen) atoms. The molecule has 0 bridgehead atoms. The molecule has 164 valence electrons. The van der Waals surface area contributed by atoms with Gasteiger partial charge in [0.25, 0.3) is 5.91 Å². The minimum Gasteiger partial charge on any atom is -0.459 e. The lowest BCUT2D eigenvalue weighted by Gasteiger charge is -2.30. The Balaban J connectivity index is 2.28. The molecule has 0 aliphatic rings. The predicted molar refractivity (Wildman–Crippen MR) is 118 cm³/mol. The molecule has 0 saturated carbocycles. The molecule has 2 aromatic rings. The van der Waals surface area contributed by atoms with E-state index >= 15 is 0 Å². The molecular weight excluding hydrogens is 384 g/mol. The van der Waals surface area contributed by atoms with Crippen LogP contribution in [0.2, 0.25) is 0 Å². The topological polar surface area (TPSA) is 87.1 Å². The number of hydrogen-bond donors (Lipinski definition) is 2. The standard InChI is InChI=1S/C22H32N4O4/c1-22(2,3)24-21(28)26(11-13-29-6)15-16-14-17(9-10-18(16)25(4)5)23-20(27)19-8-7-12-30-19/h7-10,12,14H,11,13,15H2,1-6H3,(H,23,27)(H,24,28). The molecule has 0 radical (unpaired) electrons. The van der Waals surface area contributed by atoms with Crippen LogP contribution in [0, 0.1) is 0 Å². The van der Waals surface area contributed by atoms with E-state index < -0.39 is 0 Å². The van der Waals surface area contributed by atoms with E-state index in [4.69, 9.17) is 9.15 Å². The molecule has 0 atom stereocenters. The zero-order chi connectivity index (χ0) is 22.3. The molecule has 0 fully saturated rings. The average molecular weight is 417 g/mol. The van der Waals surface area contributed by atoms with Crippen molar-refractivity contribution in [1.82, 2.24) is 10.2 Å². The quantitative estimate of drug-likeness (QED) is 0.687. The second-order valence-electron chi connectivity index (χ2n) is 8.26. The SMILES string of the molecule is COCCN(Cc1cc(NC(=O)c2ccco2)ccc1N(C)C)C(=O)NC(C)(C)C. The number of nitrogens with one attached hydrogen (secondary N) is 2. The summed E-state index contributed by atoms with van der Waals surface area (Å²) < 4.78 is 10.3. The number of anilines is 2. The molecule has 1 aromatic carbocycles. The van der Waals surface area contributed by atoms with Crippen LogP contribution in [0.4, 0.5) is 16.2 Å². The maximum Gasteiger partial charge on any atom is 0.318 e. The van der Waals surface area contributed by atoms with E-state index in [0.717, 1.165) is 11.3 Å². The molecule has 3 amide bonds.